The average molecular weight is 732 g/mol. The molecule has 1 saturated carbocycles. The van der Waals surface area contributed by atoms with E-state index in [0.29, 0.717) is 12.8 Å². The Kier molecular flexibility index (Phi) is 14.9. The molecule has 0 spiro atoms. The summed E-state index contributed by atoms with van der Waals surface area (Å²) in [6.45, 7) is 16.9. The summed E-state index contributed by atoms with van der Waals surface area (Å²) >= 11 is 0. The number of Topliss-reactive ketones (excluding diaryl/α,β-unsaturated/α-hetero) is 2. The molecule has 2 saturated heterocycles. The molecule has 0 aromatic heterocycles. The Bertz CT molecular complexity index is 1170. The van der Waals surface area contributed by atoms with E-state index in [4.69, 9.17) is 23.7 Å². The summed E-state index contributed by atoms with van der Waals surface area (Å²) in [5, 5.41) is 57.9. The van der Waals surface area contributed by atoms with Gasteiger partial charge >= 0.3 is 0 Å². The fourth-order valence-corrected chi connectivity index (χ4v) is 8.84. The van der Waals surface area contributed by atoms with E-state index in [9.17, 15) is 35.1 Å². The van der Waals surface area contributed by atoms with Crippen LogP contribution in [0, 0.1) is 29.6 Å². The van der Waals surface area contributed by atoms with E-state index < -0.39 is 95.6 Å². The van der Waals surface area contributed by atoms with Gasteiger partial charge in [-0.3, -0.25) is 9.59 Å². The Morgan fingerprint density at radius 2 is 1.49 bits per heavy atom. The second-order valence-corrected chi connectivity index (χ2v) is 16.9. The monoisotopic (exact) mass is 731 g/mol. The van der Waals surface area contributed by atoms with Crippen molar-refractivity contribution < 1.29 is 58.8 Å². The number of ether oxygens (including phenoxy) is 5. The lowest BCUT2D eigenvalue weighted by molar-refractivity contribution is -0.317. The van der Waals surface area contributed by atoms with E-state index >= 15 is 0 Å². The maximum Gasteiger partial charge on any atom is 0.185 e. The molecule has 51 heavy (non-hydrogen) atoms. The lowest BCUT2D eigenvalue weighted by atomic mass is 9.70. The minimum absolute atomic E-state index is 0.104. The molecule has 3 fully saturated rings. The van der Waals surface area contributed by atoms with Crippen molar-refractivity contribution in [3.8, 4) is 0 Å². The highest BCUT2D eigenvalue weighted by atomic mass is 16.7. The third-order valence-electron chi connectivity index (χ3n) is 12.4. The van der Waals surface area contributed by atoms with Gasteiger partial charge in [-0.2, -0.15) is 0 Å². The standard InChI is InChI=1S/C38H69NO12/c1-14-25-16-27(40)21(4)31(50-28-18-37(9,47-13)33(44)24(7)49-28)23(6)34(51-35-30(42)26(39(11)12)15-20(3)48-35)36(8,45)17-19(2)29(41)22(5)32(43)38(25,10)46/h19-26,28,30-35,42-46H,14-18H2,1-13H3/t19-,20?,21+,22+,23+,24?,25+,26?,28?,30?,31-,32-,33?,34-,35?,36-,37?,38-/m1/s1. The van der Waals surface area contributed by atoms with Crippen LogP contribution in [0.1, 0.15) is 101 Å². The van der Waals surface area contributed by atoms with E-state index in [1.54, 1.807) is 48.5 Å². The molecular formula is C38H69NO12. The van der Waals surface area contributed by atoms with Gasteiger partial charge < -0.3 is 54.1 Å². The zero-order valence-corrected chi connectivity index (χ0v) is 33.2. The van der Waals surface area contributed by atoms with Gasteiger partial charge in [-0.1, -0.05) is 41.0 Å². The van der Waals surface area contributed by atoms with Crippen molar-refractivity contribution in [1.29, 1.82) is 0 Å². The summed E-state index contributed by atoms with van der Waals surface area (Å²) in [5.74, 6) is -4.68. The van der Waals surface area contributed by atoms with Crippen LogP contribution in [0.25, 0.3) is 0 Å². The Morgan fingerprint density at radius 3 is 2.04 bits per heavy atom. The van der Waals surface area contributed by atoms with E-state index in [2.05, 4.69) is 0 Å². The third-order valence-corrected chi connectivity index (χ3v) is 12.4. The normalized spacial score (nSPS) is 49.9. The van der Waals surface area contributed by atoms with Gasteiger partial charge in [-0.25, -0.2) is 0 Å². The maximum atomic E-state index is 14.3. The first-order valence-electron chi connectivity index (χ1n) is 18.8. The van der Waals surface area contributed by atoms with Crippen LogP contribution in [-0.4, -0.2) is 141 Å². The minimum atomic E-state index is -1.77. The maximum absolute atomic E-state index is 14.3. The summed E-state index contributed by atoms with van der Waals surface area (Å²) in [6, 6.07) is -0.304. The number of hydrogen-bond donors (Lipinski definition) is 5. The number of methoxy groups -OCH3 is 1. The van der Waals surface area contributed by atoms with Crippen LogP contribution < -0.4 is 0 Å². The van der Waals surface area contributed by atoms with Crippen LogP contribution in [0.3, 0.4) is 0 Å². The molecule has 0 aromatic rings. The van der Waals surface area contributed by atoms with Crippen LogP contribution in [0.5, 0.6) is 0 Å². The first-order chi connectivity index (χ1) is 23.4. The highest BCUT2D eigenvalue weighted by Gasteiger charge is 2.53. The number of aliphatic hydroxyl groups excluding tert-OH is 3. The van der Waals surface area contributed by atoms with Crippen molar-refractivity contribution in [2.75, 3.05) is 21.2 Å². The molecule has 18 atom stereocenters. The van der Waals surface area contributed by atoms with Gasteiger partial charge in [-0.15, -0.1) is 0 Å². The van der Waals surface area contributed by atoms with Crippen molar-refractivity contribution in [1.82, 2.24) is 4.90 Å². The van der Waals surface area contributed by atoms with Crippen LogP contribution >= 0.6 is 0 Å². The Labute approximate surface area is 305 Å². The number of carbonyl (C=O) groups excluding carboxylic acids is 2. The summed E-state index contributed by atoms with van der Waals surface area (Å²) in [4.78, 5) is 30.0. The predicted molar refractivity (Wildman–Crippen MR) is 189 cm³/mol. The van der Waals surface area contributed by atoms with Crippen molar-refractivity contribution in [3.63, 3.8) is 0 Å². The average Bonchev–Trinajstić information content (AvgIpc) is 3.05. The second-order valence-electron chi connectivity index (χ2n) is 16.9. The van der Waals surface area contributed by atoms with Gasteiger partial charge in [0.05, 0.1) is 47.3 Å². The van der Waals surface area contributed by atoms with Crippen LogP contribution in [0.15, 0.2) is 0 Å². The molecule has 0 aromatic carbocycles. The van der Waals surface area contributed by atoms with Gasteiger partial charge in [0.1, 0.15) is 23.8 Å². The number of nitrogens with zero attached hydrogens (tertiary/aromatic N) is 1. The first kappa shape index (κ1) is 44.3. The summed E-state index contributed by atoms with van der Waals surface area (Å²) in [6.07, 6.45) is -7.83. The predicted octanol–water partition coefficient (Wildman–Crippen LogP) is 2.45. The van der Waals surface area contributed by atoms with Crippen molar-refractivity contribution >= 4 is 11.6 Å². The lowest BCUT2D eigenvalue weighted by Gasteiger charge is -2.49. The van der Waals surface area contributed by atoms with E-state index in [1.807, 2.05) is 32.8 Å². The molecular weight excluding hydrogens is 662 g/mol. The number of hydrogen-bond acceptors (Lipinski definition) is 13. The highest BCUT2D eigenvalue weighted by molar-refractivity contribution is 5.84. The van der Waals surface area contributed by atoms with Gasteiger partial charge in [0.25, 0.3) is 0 Å². The SMILES string of the molecule is CC[C@H]1CC(=O)[C@H](C)[C@@H](OC2CC(C)(OC)C(O)C(C)O2)[C@H](C)[C@@H](OC2OC(C)CC(N(C)C)C2O)[C@](C)(O)C[C@@H](C)C(=O)[C@H](C)[C@@H](O)[C@]1(C)O. The smallest absolute Gasteiger partial charge is 0.185 e. The minimum Gasteiger partial charge on any atom is -0.389 e. The molecule has 8 unspecified atom stereocenters. The molecule has 13 heteroatoms. The lowest BCUT2D eigenvalue weighted by Crippen LogP contribution is -2.60. The van der Waals surface area contributed by atoms with Crippen LogP contribution in [0.4, 0.5) is 0 Å². The summed E-state index contributed by atoms with van der Waals surface area (Å²) < 4.78 is 31.4. The largest absolute Gasteiger partial charge is 0.389 e. The van der Waals surface area contributed by atoms with E-state index in [1.165, 1.54) is 14.0 Å². The first-order valence-corrected chi connectivity index (χ1v) is 18.8. The van der Waals surface area contributed by atoms with Crippen LogP contribution in [-0.2, 0) is 33.3 Å². The fraction of sp³-hybridized carbons (Fsp3) is 0.947. The number of ketones is 2. The molecule has 0 bridgehead atoms. The van der Waals surface area contributed by atoms with Crippen molar-refractivity contribution in [2.45, 2.75) is 179 Å². The molecule has 298 valence electrons. The fourth-order valence-electron chi connectivity index (χ4n) is 8.84. The molecule has 3 aliphatic rings. The van der Waals surface area contributed by atoms with E-state index in [0.717, 1.165) is 0 Å². The zero-order chi connectivity index (χ0) is 39.0. The number of carbonyl (C=O) groups is 2. The summed E-state index contributed by atoms with van der Waals surface area (Å²) in [5.41, 5.74) is -4.54. The number of aliphatic hydroxyl groups is 5. The zero-order valence-electron chi connectivity index (χ0n) is 33.2. The molecule has 1 aliphatic carbocycles. The van der Waals surface area contributed by atoms with Crippen LogP contribution in [0.2, 0.25) is 0 Å². The quantitative estimate of drug-likeness (QED) is 0.258. The topological polar surface area (TPSA) is 185 Å². The molecule has 0 radical (unpaired) electrons. The summed E-state index contributed by atoms with van der Waals surface area (Å²) in [7, 11) is 5.22. The van der Waals surface area contributed by atoms with Gasteiger partial charge in [0, 0.05) is 49.7 Å². The molecule has 5 N–H and O–H groups in total. The number of likely N-dealkylation sites (N-methyl/N-ethyl adjacent to an activating group) is 1. The molecule has 2 heterocycles. The van der Waals surface area contributed by atoms with E-state index in [-0.39, 0.29) is 43.0 Å². The third kappa shape index (κ3) is 9.59. The van der Waals surface area contributed by atoms with Crippen molar-refractivity contribution in [2.24, 2.45) is 29.6 Å². The van der Waals surface area contributed by atoms with Gasteiger partial charge in [0.15, 0.2) is 12.6 Å². The molecule has 2 aliphatic heterocycles. The Balaban J connectivity index is 2.18. The van der Waals surface area contributed by atoms with Gasteiger partial charge in [0.2, 0.25) is 0 Å². The Hall–Kier alpha value is -1.10. The van der Waals surface area contributed by atoms with Gasteiger partial charge in [-0.05, 0) is 67.5 Å². The second kappa shape index (κ2) is 17.1. The van der Waals surface area contributed by atoms with Crippen molar-refractivity contribution in [3.05, 3.63) is 0 Å². The Morgan fingerprint density at radius 1 is 0.882 bits per heavy atom. The number of rotatable bonds is 7. The highest BCUT2D eigenvalue weighted by Crippen LogP contribution is 2.41. The molecule has 13 nitrogen and oxygen atoms in total. The molecule has 3 rings (SSSR count). The molecule has 0 amide bonds.